The third kappa shape index (κ3) is 1.20. The second-order valence-electron chi connectivity index (χ2n) is 3.55. The standard InChI is InChI=1S/C10H10N4O/c15-10-13-7-3-1-4-11-8(7)9-12-5-2-6-14(9)10/h1,3-4,12H,2,5-6H2. The zero-order chi connectivity index (χ0) is 10.3. The molecule has 0 radical (unpaired) electrons. The summed E-state index contributed by atoms with van der Waals surface area (Å²) in [7, 11) is 0. The number of nitrogens with one attached hydrogen (secondary N) is 1. The molecule has 3 rings (SSSR count). The summed E-state index contributed by atoms with van der Waals surface area (Å²) in [6, 6.07) is 3.59. The van der Waals surface area contributed by atoms with Gasteiger partial charge in [-0.05, 0) is 18.6 Å². The van der Waals surface area contributed by atoms with Crippen molar-refractivity contribution in [3.63, 3.8) is 0 Å². The van der Waals surface area contributed by atoms with E-state index in [1.54, 1.807) is 22.9 Å². The highest BCUT2D eigenvalue weighted by molar-refractivity contribution is 5.84. The number of anilines is 1. The van der Waals surface area contributed by atoms with Crippen molar-refractivity contribution in [3.05, 3.63) is 28.8 Å². The normalized spacial score (nSPS) is 14.7. The first-order valence-corrected chi connectivity index (χ1v) is 4.96. The van der Waals surface area contributed by atoms with Crippen molar-refractivity contribution in [2.24, 2.45) is 0 Å². The fraction of sp³-hybridized carbons (Fsp3) is 0.300. The van der Waals surface area contributed by atoms with Gasteiger partial charge in [0.1, 0.15) is 11.3 Å². The van der Waals surface area contributed by atoms with Crippen LogP contribution < -0.4 is 11.0 Å². The molecule has 5 heteroatoms. The average Bonchev–Trinajstić information content (AvgIpc) is 2.30. The van der Waals surface area contributed by atoms with Gasteiger partial charge in [-0.2, -0.15) is 4.98 Å². The second kappa shape index (κ2) is 3.05. The maximum absolute atomic E-state index is 11.7. The van der Waals surface area contributed by atoms with Crippen molar-refractivity contribution in [3.8, 4) is 0 Å². The Morgan fingerprint density at radius 3 is 3.33 bits per heavy atom. The van der Waals surface area contributed by atoms with Crippen LogP contribution in [0.25, 0.3) is 11.0 Å². The summed E-state index contributed by atoms with van der Waals surface area (Å²) in [6.45, 7) is 1.61. The molecular formula is C10H10N4O. The Balaban J connectivity index is 2.44. The van der Waals surface area contributed by atoms with Gasteiger partial charge in [0.05, 0.1) is 5.52 Å². The molecule has 0 bridgehead atoms. The maximum atomic E-state index is 11.7. The molecule has 0 aromatic carbocycles. The van der Waals surface area contributed by atoms with Crippen molar-refractivity contribution in [1.29, 1.82) is 0 Å². The van der Waals surface area contributed by atoms with Crippen molar-refractivity contribution < 1.29 is 0 Å². The van der Waals surface area contributed by atoms with Gasteiger partial charge >= 0.3 is 5.69 Å². The SMILES string of the molecule is O=c1nc2cccnc2c2n1CCCN2. The van der Waals surface area contributed by atoms with E-state index in [1.807, 2.05) is 0 Å². The molecule has 0 amide bonds. The highest BCUT2D eigenvalue weighted by Crippen LogP contribution is 2.19. The van der Waals surface area contributed by atoms with Gasteiger partial charge < -0.3 is 5.32 Å². The number of hydrogen-bond donors (Lipinski definition) is 1. The van der Waals surface area contributed by atoms with E-state index in [4.69, 9.17) is 0 Å². The van der Waals surface area contributed by atoms with Crippen LogP contribution in [0, 0.1) is 0 Å². The summed E-state index contributed by atoms with van der Waals surface area (Å²) < 4.78 is 1.65. The van der Waals surface area contributed by atoms with E-state index in [0.29, 0.717) is 5.52 Å². The van der Waals surface area contributed by atoms with Gasteiger partial charge in [-0.1, -0.05) is 0 Å². The molecule has 1 aliphatic heterocycles. The summed E-state index contributed by atoms with van der Waals surface area (Å²) in [4.78, 5) is 19.9. The molecule has 0 fully saturated rings. The Morgan fingerprint density at radius 2 is 2.40 bits per heavy atom. The zero-order valence-corrected chi connectivity index (χ0v) is 8.10. The van der Waals surface area contributed by atoms with Crippen molar-refractivity contribution in [2.45, 2.75) is 13.0 Å². The fourth-order valence-corrected chi connectivity index (χ4v) is 1.89. The van der Waals surface area contributed by atoms with Crippen molar-refractivity contribution in [2.75, 3.05) is 11.9 Å². The first kappa shape index (κ1) is 8.40. The van der Waals surface area contributed by atoms with E-state index in [9.17, 15) is 4.79 Å². The molecule has 1 N–H and O–H groups in total. The molecule has 5 nitrogen and oxygen atoms in total. The van der Waals surface area contributed by atoms with Crippen LogP contribution in [0.15, 0.2) is 23.1 Å². The molecule has 0 unspecified atom stereocenters. The highest BCUT2D eigenvalue weighted by atomic mass is 16.1. The van der Waals surface area contributed by atoms with Gasteiger partial charge in [0, 0.05) is 19.3 Å². The van der Waals surface area contributed by atoms with E-state index in [1.165, 1.54) is 0 Å². The monoisotopic (exact) mass is 202 g/mol. The molecule has 0 saturated carbocycles. The van der Waals surface area contributed by atoms with Crippen LogP contribution in [0.3, 0.4) is 0 Å². The first-order chi connectivity index (χ1) is 7.36. The quantitative estimate of drug-likeness (QED) is 0.679. The Bertz CT molecular complexity index is 575. The van der Waals surface area contributed by atoms with Gasteiger partial charge in [-0.15, -0.1) is 0 Å². The molecule has 2 aromatic rings. The summed E-state index contributed by atoms with van der Waals surface area (Å²) >= 11 is 0. The maximum Gasteiger partial charge on any atom is 0.349 e. The molecule has 0 atom stereocenters. The largest absolute Gasteiger partial charge is 0.369 e. The van der Waals surface area contributed by atoms with Gasteiger partial charge in [0.2, 0.25) is 0 Å². The third-order valence-electron chi connectivity index (χ3n) is 2.58. The minimum absolute atomic E-state index is 0.197. The third-order valence-corrected chi connectivity index (χ3v) is 2.58. The first-order valence-electron chi connectivity index (χ1n) is 4.96. The van der Waals surface area contributed by atoms with Crippen LogP contribution in [0.1, 0.15) is 6.42 Å². The lowest BCUT2D eigenvalue weighted by Crippen LogP contribution is -2.31. The molecule has 76 valence electrons. The zero-order valence-electron chi connectivity index (χ0n) is 8.10. The Kier molecular flexibility index (Phi) is 1.71. The topological polar surface area (TPSA) is 59.8 Å². The molecule has 0 saturated heterocycles. The smallest absolute Gasteiger partial charge is 0.349 e. The van der Waals surface area contributed by atoms with Crippen molar-refractivity contribution in [1.82, 2.24) is 14.5 Å². The Hall–Kier alpha value is -1.91. The molecule has 3 heterocycles. The number of hydrogen-bond acceptors (Lipinski definition) is 4. The van der Waals surface area contributed by atoms with Crippen LogP contribution in [-0.4, -0.2) is 21.1 Å². The summed E-state index contributed by atoms with van der Waals surface area (Å²) in [5.74, 6) is 0.803. The number of nitrogens with zero attached hydrogens (tertiary/aromatic N) is 3. The lowest BCUT2D eigenvalue weighted by Gasteiger charge is -2.20. The summed E-state index contributed by atoms with van der Waals surface area (Å²) in [5.41, 5.74) is 1.23. The van der Waals surface area contributed by atoms with Crippen LogP contribution in [0.4, 0.5) is 5.82 Å². The minimum Gasteiger partial charge on any atom is -0.369 e. The number of fused-ring (bicyclic) bond motifs is 3. The number of aromatic nitrogens is 3. The summed E-state index contributed by atoms with van der Waals surface area (Å²) in [6.07, 6.45) is 2.67. The minimum atomic E-state index is -0.197. The predicted molar refractivity (Wildman–Crippen MR) is 56.9 cm³/mol. The van der Waals surface area contributed by atoms with Gasteiger partial charge in [-0.3, -0.25) is 9.55 Å². The second-order valence-corrected chi connectivity index (χ2v) is 3.55. The lowest BCUT2D eigenvalue weighted by atomic mass is 10.3. The van der Waals surface area contributed by atoms with E-state index >= 15 is 0 Å². The number of rotatable bonds is 0. The van der Waals surface area contributed by atoms with Gasteiger partial charge in [0.15, 0.2) is 0 Å². The molecule has 0 spiro atoms. The summed E-state index contributed by atoms with van der Waals surface area (Å²) in [5, 5.41) is 3.21. The number of pyridine rings is 1. The highest BCUT2D eigenvalue weighted by Gasteiger charge is 2.14. The van der Waals surface area contributed by atoms with E-state index in [-0.39, 0.29) is 5.69 Å². The van der Waals surface area contributed by atoms with Gasteiger partial charge in [-0.25, -0.2) is 4.79 Å². The molecule has 15 heavy (non-hydrogen) atoms. The average molecular weight is 202 g/mol. The van der Waals surface area contributed by atoms with E-state index < -0.39 is 0 Å². The van der Waals surface area contributed by atoms with Crippen LogP contribution in [0.2, 0.25) is 0 Å². The van der Waals surface area contributed by atoms with Crippen LogP contribution >= 0.6 is 0 Å². The Morgan fingerprint density at radius 1 is 1.47 bits per heavy atom. The predicted octanol–water partition coefficient (Wildman–Crippen LogP) is 0.607. The van der Waals surface area contributed by atoms with E-state index in [2.05, 4.69) is 15.3 Å². The van der Waals surface area contributed by atoms with E-state index in [0.717, 1.165) is 30.8 Å². The van der Waals surface area contributed by atoms with Crippen LogP contribution in [0.5, 0.6) is 0 Å². The Labute approximate surface area is 85.8 Å². The molecule has 2 aromatic heterocycles. The van der Waals surface area contributed by atoms with Gasteiger partial charge in [0.25, 0.3) is 0 Å². The molecule has 1 aliphatic rings. The molecular weight excluding hydrogens is 192 g/mol. The lowest BCUT2D eigenvalue weighted by molar-refractivity contribution is 0.599. The molecule has 0 aliphatic carbocycles. The fourth-order valence-electron chi connectivity index (χ4n) is 1.89. The van der Waals surface area contributed by atoms with Crippen molar-refractivity contribution >= 4 is 16.9 Å². The van der Waals surface area contributed by atoms with Crippen LogP contribution in [-0.2, 0) is 6.54 Å².